The van der Waals surface area contributed by atoms with E-state index in [0.717, 1.165) is 6.42 Å². The lowest BCUT2D eigenvalue weighted by Crippen LogP contribution is -2.60. The SMILES string of the molecule is CC(C)(C)c1cc2c3c(c1)c1c(n3-c3cc(-c4ccccc4)cc4c3B2c2c3ccccc3cc3c(-c5ccccc5)c(-c5ccccc5)n-4c23)C=CC(C(C)(C)C)C1. The van der Waals surface area contributed by atoms with Crippen molar-refractivity contribution in [2.75, 3.05) is 0 Å². The van der Waals surface area contributed by atoms with Gasteiger partial charge in [-0.2, -0.15) is 0 Å². The zero-order chi connectivity index (χ0) is 39.9. The lowest BCUT2D eigenvalue weighted by atomic mass is 9.33. The number of hydrogen-bond donors (Lipinski definition) is 0. The Kier molecular flexibility index (Phi) is 7.13. The van der Waals surface area contributed by atoms with E-state index in [4.69, 9.17) is 0 Å². The van der Waals surface area contributed by atoms with Crippen molar-refractivity contribution in [1.29, 1.82) is 0 Å². The Morgan fingerprint density at radius 2 is 1.17 bits per heavy atom. The van der Waals surface area contributed by atoms with Gasteiger partial charge >= 0.3 is 0 Å². The molecule has 0 fully saturated rings. The van der Waals surface area contributed by atoms with E-state index in [-0.39, 0.29) is 17.5 Å². The Hall–Kier alpha value is -6.32. The summed E-state index contributed by atoms with van der Waals surface area (Å²) in [6.45, 7) is 14.4. The average Bonchev–Trinajstić information content (AvgIpc) is 3.77. The number of benzene rings is 7. The summed E-state index contributed by atoms with van der Waals surface area (Å²) in [7, 11) is 0. The molecule has 284 valence electrons. The fourth-order valence-corrected chi connectivity index (χ4v) is 10.9. The summed E-state index contributed by atoms with van der Waals surface area (Å²) in [4.78, 5) is 0. The molecule has 9 aromatic rings. The van der Waals surface area contributed by atoms with E-state index in [2.05, 4.69) is 208 Å². The van der Waals surface area contributed by atoms with Gasteiger partial charge in [-0.15, -0.1) is 0 Å². The van der Waals surface area contributed by atoms with Gasteiger partial charge < -0.3 is 9.13 Å². The minimum Gasteiger partial charge on any atom is -0.311 e. The van der Waals surface area contributed by atoms with Gasteiger partial charge in [-0.25, -0.2) is 0 Å². The van der Waals surface area contributed by atoms with Crippen LogP contribution in [0.3, 0.4) is 0 Å². The minimum absolute atomic E-state index is 0.0300. The van der Waals surface area contributed by atoms with Crippen LogP contribution >= 0.6 is 0 Å². The van der Waals surface area contributed by atoms with Crippen LogP contribution in [-0.4, -0.2) is 15.8 Å². The zero-order valence-corrected chi connectivity index (χ0v) is 34.8. The molecule has 0 amide bonds. The number of allylic oxidation sites excluding steroid dienone is 1. The molecule has 4 heterocycles. The van der Waals surface area contributed by atoms with Crippen LogP contribution in [0.15, 0.2) is 152 Å². The molecular formula is C56H47BN2. The maximum absolute atomic E-state index is 2.68. The Bertz CT molecular complexity index is 3240. The number of hydrogen-bond acceptors (Lipinski definition) is 0. The molecule has 7 aromatic carbocycles. The summed E-state index contributed by atoms with van der Waals surface area (Å²) in [5, 5.41) is 5.35. The largest absolute Gasteiger partial charge is 0.311 e. The van der Waals surface area contributed by atoms with Crippen molar-refractivity contribution in [3.63, 3.8) is 0 Å². The second kappa shape index (κ2) is 12.1. The normalized spacial score (nSPS) is 15.3. The van der Waals surface area contributed by atoms with E-state index >= 15 is 0 Å². The van der Waals surface area contributed by atoms with Crippen molar-refractivity contribution in [3.05, 3.63) is 168 Å². The molecule has 2 aliphatic heterocycles. The Labute approximate surface area is 347 Å². The summed E-state index contributed by atoms with van der Waals surface area (Å²) in [5.41, 5.74) is 21.3. The third kappa shape index (κ3) is 4.88. The third-order valence-electron chi connectivity index (χ3n) is 13.9. The molecule has 0 N–H and O–H groups in total. The minimum atomic E-state index is -0.0300. The first-order chi connectivity index (χ1) is 28.6. The molecule has 3 aliphatic rings. The molecule has 1 aliphatic carbocycles. The summed E-state index contributed by atoms with van der Waals surface area (Å²) in [6.07, 6.45) is 6.01. The van der Waals surface area contributed by atoms with E-state index in [9.17, 15) is 0 Å². The van der Waals surface area contributed by atoms with Crippen LogP contribution in [0, 0.1) is 11.3 Å². The second-order valence-corrected chi connectivity index (χ2v) is 19.4. The quantitative estimate of drug-likeness (QED) is 0.159. The van der Waals surface area contributed by atoms with Gasteiger partial charge in [0.1, 0.15) is 0 Å². The van der Waals surface area contributed by atoms with E-state index in [1.807, 2.05) is 0 Å². The highest BCUT2D eigenvalue weighted by Gasteiger charge is 2.44. The first-order valence-corrected chi connectivity index (χ1v) is 21.4. The highest BCUT2D eigenvalue weighted by Crippen LogP contribution is 2.48. The Balaban J connectivity index is 1.33. The van der Waals surface area contributed by atoms with Crippen LogP contribution in [0.25, 0.3) is 83.5 Å². The molecule has 0 spiro atoms. The lowest BCUT2D eigenvalue weighted by Gasteiger charge is -2.36. The van der Waals surface area contributed by atoms with Crippen molar-refractivity contribution < 1.29 is 0 Å². The smallest absolute Gasteiger partial charge is 0.253 e. The van der Waals surface area contributed by atoms with E-state index in [1.54, 1.807) is 0 Å². The number of fused-ring (bicyclic) bond motifs is 9. The van der Waals surface area contributed by atoms with E-state index in [0.29, 0.717) is 5.92 Å². The highest BCUT2D eigenvalue weighted by atomic mass is 15.0. The molecule has 0 radical (unpaired) electrons. The second-order valence-electron chi connectivity index (χ2n) is 19.4. The van der Waals surface area contributed by atoms with Gasteiger partial charge in [0.2, 0.25) is 0 Å². The van der Waals surface area contributed by atoms with Gasteiger partial charge in [0.05, 0.1) is 11.2 Å². The topological polar surface area (TPSA) is 9.86 Å². The fraction of sp³-hybridized carbons (Fsp3) is 0.179. The van der Waals surface area contributed by atoms with Crippen LogP contribution in [0.5, 0.6) is 0 Å². The monoisotopic (exact) mass is 758 g/mol. The van der Waals surface area contributed by atoms with E-state index < -0.39 is 0 Å². The molecule has 2 nitrogen and oxygen atoms in total. The van der Waals surface area contributed by atoms with Crippen molar-refractivity contribution >= 4 is 61.8 Å². The summed E-state index contributed by atoms with van der Waals surface area (Å²) >= 11 is 0. The molecular weight excluding hydrogens is 711 g/mol. The van der Waals surface area contributed by atoms with Crippen LogP contribution < -0.4 is 16.4 Å². The zero-order valence-electron chi connectivity index (χ0n) is 34.8. The van der Waals surface area contributed by atoms with Gasteiger partial charge in [0, 0.05) is 38.9 Å². The van der Waals surface area contributed by atoms with E-state index in [1.165, 1.54) is 111 Å². The predicted molar refractivity (Wildman–Crippen MR) is 253 cm³/mol. The summed E-state index contributed by atoms with van der Waals surface area (Å²) in [6, 6.07) is 55.1. The molecule has 1 unspecified atom stereocenters. The molecule has 0 bridgehead atoms. The summed E-state index contributed by atoms with van der Waals surface area (Å²) < 4.78 is 5.36. The van der Waals surface area contributed by atoms with Gasteiger partial charge in [0.15, 0.2) is 0 Å². The predicted octanol–water partition coefficient (Wildman–Crippen LogP) is 12.4. The van der Waals surface area contributed by atoms with Gasteiger partial charge in [-0.3, -0.25) is 0 Å². The van der Waals surface area contributed by atoms with Crippen LogP contribution in [0.1, 0.15) is 58.4 Å². The first-order valence-electron chi connectivity index (χ1n) is 21.4. The molecule has 2 aromatic heterocycles. The molecule has 0 saturated heterocycles. The van der Waals surface area contributed by atoms with Crippen molar-refractivity contribution in [1.82, 2.24) is 9.13 Å². The number of aromatic nitrogens is 2. The number of nitrogens with zero attached hydrogens (tertiary/aromatic N) is 2. The molecule has 3 heteroatoms. The standard InChI is InChI=1S/C56H47BN2/c1-55(2,3)39-26-27-46-42(31-39)43-32-40(56(4,5)6)33-45-53(43)58(46)47-29-38(34-18-10-7-11-19-34)30-48-51(47)57(45)50-41-25-17-16-24-37(41)28-44-49(35-20-12-8-13-21-35)52(59(48)54(44)50)36-22-14-9-15-23-36/h7-30,32-33,39H,31H2,1-6H3. The van der Waals surface area contributed by atoms with Crippen molar-refractivity contribution in [3.8, 4) is 44.9 Å². The first kappa shape index (κ1) is 34.7. The van der Waals surface area contributed by atoms with Crippen LogP contribution in [0.2, 0.25) is 0 Å². The third-order valence-corrected chi connectivity index (χ3v) is 13.9. The maximum Gasteiger partial charge on any atom is 0.253 e. The Morgan fingerprint density at radius 1 is 0.542 bits per heavy atom. The molecule has 59 heavy (non-hydrogen) atoms. The maximum atomic E-state index is 2.68. The van der Waals surface area contributed by atoms with Gasteiger partial charge in [-0.05, 0) is 114 Å². The van der Waals surface area contributed by atoms with Gasteiger partial charge in [0.25, 0.3) is 6.71 Å². The van der Waals surface area contributed by atoms with Crippen LogP contribution in [0.4, 0.5) is 0 Å². The Morgan fingerprint density at radius 3 is 1.85 bits per heavy atom. The summed E-state index contributed by atoms with van der Waals surface area (Å²) in [5.74, 6) is 0.456. The highest BCUT2D eigenvalue weighted by molar-refractivity contribution is 7.01. The fourth-order valence-electron chi connectivity index (χ4n) is 10.9. The average molecular weight is 759 g/mol. The van der Waals surface area contributed by atoms with Crippen LogP contribution in [-0.2, 0) is 11.8 Å². The molecule has 12 rings (SSSR count). The molecule has 1 atom stereocenters. The van der Waals surface area contributed by atoms with Crippen molar-refractivity contribution in [2.45, 2.75) is 53.4 Å². The molecule has 0 saturated carbocycles. The van der Waals surface area contributed by atoms with Gasteiger partial charge in [-0.1, -0.05) is 169 Å². The lowest BCUT2D eigenvalue weighted by molar-refractivity contribution is 0.291. The van der Waals surface area contributed by atoms with Crippen molar-refractivity contribution in [2.24, 2.45) is 11.3 Å². The number of rotatable bonds is 3.